The molecule has 0 aromatic heterocycles. The van der Waals surface area contributed by atoms with Crippen molar-refractivity contribution in [2.75, 3.05) is 0 Å². The van der Waals surface area contributed by atoms with Crippen LogP contribution in [0.25, 0.3) is 0 Å². The quantitative estimate of drug-likeness (QED) is 0.825. The molecular weight excluding hydrogens is 308 g/mol. The molecule has 1 atom stereocenters. The molecule has 0 spiro atoms. The normalized spacial score (nSPS) is 15.5. The molecule has 0 saturated heterocycles. The monoisotopic (exact) mass is 336 g/mol. The lowest BCUT2D eigenvalue weighted by Crippen LogP contribution is -2.16. The van der Waals surface area contributed by atoms with E-state index in [0.29, 0.717) is 6.42 Å². The maximum absolute atomic E-state index is 11.9. The number of benzene rings is 2. The number of rotatable bonds is 4. The molecule has 1 aliphatic carbocycles. The molecule has 0 saturated carbocycles. The highest BCUT2D eigenvalue weighted by Gasteiger charge is 2.22. The summed E-state index contributed by atoms with van der Waals surface area (Å²) in [6, 6.07) is 14.7. The fourth-order valence-corrected chi connectivity index (χ4v) is 3.69. The van der Waals surface area contributed by atoms with Gasteiger partial charge in [0.15, 0.2) is 0 Å². The highest BCUT2D eigenvalue weighted by atomic mass is 16.4. The molecular formula is C23H28O2. The second-order valence-corrected chi connectivity index (χ2v) is 8.28. The summed E-state index contributed by atoms with van der Waals surface area (Å²) in [4.78, 5) is 11.9. The third-order valence-electron chi connectivity index (χ3n) is 5.33. The van der Waals surface area contributed by atoms with Crippen molar-refractivity contribution in [1.82, 2.24) is 0 Å². The van der Waals surface area contributed by atoms with E-state index in [0.717, 1.165) is 24.0 Å². The molecule has 0 amide bonds. The highest BCUT2D eigenvalue weighted by Crippen LogP contribution is 2.29. The number of carboxylic acids is 1. The van der Waals surface area contributed by atoms with Gasteiger partial charge in [0.2, 0.25) is 0 Å². The van der Waals surface area contributed by atoms with Crippen LogP contribution in [0.3, 0.4) is 0 Å². The van der Waals surface area contributed by atoms with Crippen LogP contribution in [-0.2, 0) is 29.5 Å². The van der Waals surface area contributed by atoms with E-state index in [9.17, 15) is 9.90 Å². The molecule has 1 unspecified atom stereocenters. The molecule has 1 aliphatic rings. The maximum Gasteiger partial charge on any atom is 0.311 e. The van der Waals surface area contributed by atoms with Crippen molar-refractivity contribution < 1.29 is 9.90 Å². The van der Waals surface area contributed by atoms with Crippen LogP contribution in [0, 0.1) is 0 Å². The molecule has 0 bridgehead atoms. The first-order valence-electron chi connectivity index (χ1n) is 9.28. The fraction of sp³-hybridized carbons (Fsp3) is 0.435. The number of hydrogen-bond acceptors (Lipinski definition) is 1. The van der Waals surface area contributed by atoms with Crippen LogP contribution in [0.15, 0.2) is 42.5 Å². The fourth-order valence-electron chi connectivity index (χ4n) is 3.69. The smallest absolute Gasteiger partial charge is 0.311 e. The lowest BCUT2D eigenvalue weighted by molar-refractivity contribution is -0.138. The van der Waals surface area contributed by atoms with E-state index < -0.39 is 11.9 Å². The summed E-state index contributed by atoms with van der Waals surface area (Å²) in [6.45, 7) is 6.57. The molecule has 0 fully saturated rings. The topological polar surface area (TPSA) is 37.3 Å². The first-order valence-corrected chi connectivity index (χ1v) is 9.28. The Morgan fingerprint density at radius 3 is 2.24 bits per heavy atom. The molecule has 0 aliphatic heterocycles. The summed E-state index contributed by atoms with van der Waals surface area (Å²) in [7, 11) is 0. The number of aliphatic carboxylic acids is 1. The van der Waals surface area contributed by atoms with E-state index in [1.54, 1.807) is 0 Å². The Morgan fingerprint density at radius 1 is 1.00 bits per heavy atom. The number of carboxylic acid groups (broad SMARTS) is 1. The molecule has 0 heterocycles. The van der Waals surface area contributed by atoms with Gasteiger partial charge in [-0.2, -0.15) is 0 Å². The van der Waals surface area contributed by atoms with Crippen molar-refractivity contribution in [1.29, 1.82) is 0 Å². The van der Waals surface area contributed by atoms with Gasteiger partial charge in [-0.25, -0.2) is 0 Å². The average Bonchev–Trinajstić information content (AvgIpc) is 2.58. The van der Waals surface area contributed by atoms with Gasteiger partial charge in [0.25, 0.3) is 0 Å². The minimum atomic E-state index is -0.740. The molecule has 3 rings (SSSR count). The number of aryl methyl sites for hydroxylation is 2. The molecule has 1 N–H and O–H groups in total. The zero-order valence-corrected chi connectivity index (χ0v) is 15.5. The van der Waals surface area contributed by atoms with Gasteiger partial charge in [-0.1, -0.05) is 63.2 Å². The van der Waals surface area contributed by atoms with Gasteiger partial charge in [0, 0.05) is 0 Å². The summed E-state index contributed by atoms with van der Waals surface area (Å²) in [6.07, 6.45) is 5.20. The van der Waals surface area contributed by atoms with Crippen LogP contribution in [0.1, 0.15) is 67.3 Å². The predicted octanol–water partition coefficient (Wildman–Crippen LogP) is 5.27. The number of hydrogen-bond donors (Lipinski definition) is 1. The summed E-state index contributed by atoms with van der Waals surface area (Å²) in [5, 5.41) is 9.78. The van der Waals surface area contributed by atoms with Crippen molar-refractivity contribution in [3.63, 3.8) is 0 Å². The molecule has 2 heteroatoms. The first-order chi connectivity index (χ1) is 11.8. The van der Waals surface area contributed by atoms with Crippen molar-refractivity contribution in [3.8, 4) is 0 Å². The van der Waals surface area contributed by atoms with Crippen LogP contribution in [0.5, 0.6) is 0 Å². The van der Waals surface area contributed by atoms with Gasteiger partial charge in [0.05, 0.1) is 5.92 Å². The van der Waals surface area contributed by atoms with E-state index >= 15 is 0 Å². The van der Waals surface area contributed by atoms with Gasteiger partial charge >= 0.3 is 5.97 Å². The summed E-state index contributed by atoms with van der Waals surface area (Å²) in [5.41, 5.74) is 6.15. The Balaban J connectivity index is 1.83. The lowest BCUT2D eigenvalue weighted by atomic mass is 9.84. The minimum absolute atomic E-state index is 0.114. The first kappa shape index (κ1) is 17.7. The average molecular weight is 336 g/mol. The summed E-state index contributed by atoms with van der Waals surface area (Å²) >= 11 is 0. The number of carbonyl (C=O) groups is 1. The van der Waals surface area contributed by atoms with Crippen LogP contribution in [0.2, 0.25) is 0 Å². The van der Waals surface area contributed by atoms with Crippen molar-refractivity contribution in [2.24, 2.45) is 0 Å². The van der Waals surface area contributed by atoms with E-state index in [2.05, 4.69) is 57.2 Å². The highest BCUT2D eigenvalue weighted by molar-refractivity contribution is 5.76. The zero-order valence-electron chi connectivity index (χ0n) is 15.5. The molecule has 0 radical (unpaired) electrons. The SMILES string of the molecule is CC(C)(C)c1ccc(CC(C(=O)O)c2ccc3c(c2)CCCC3)cc1. The van der Waals surface area contributed by atoms with Gasteiger partial charge in [-0.3, -0.25) is 4.79 Å². The van der Waals surface area contributed by atoms with Gasteiger partial charge in [0.1, 0.15) is 0 Å². The van der Waals surface area contributed by atoms with Crippen LogP contribution >= 0.6 is 0 Å². The minimum Gasteiger partial charge on any atom is -0.481 e. The third kappa shape index (κ3) is 4.12. The predicted molar refractivity (Wildman–Crippen MR) is 102 cm³/mol. The van der Waals surface area contributed by atoms with Crippen LogP contribution in [0.4, 0.5) is 0 Å². The maximum atomic E-state index is 11.9. The summed E-state index contributed by atoms with van der Waals surface area (Å²) in [5.74, 6) is -1.22. The Morgan fingerprint density at radius 2 is 1.64 bits per heavy atom. The third-order valence-corrected chi connectivity index (χ3v) is 5.33. The van der Waals surface area contributed by atoms with Gasteiger partial charge in [-0.05, 0) is 65.3 Å². The standard InChI is InChI=1S/C23H28O2/c1-23(2,3)20-12-8-16(9-13-20)14-21(22(24)25)19-11-10-17-6-4-5-7-18(17)15-19/h8-13,15,21H,4-7,14H2,1-3H3,(H,24,25). The van der Waals surface area contributed by atoms with Gasteiger partial charge < -0.3 is 5.11 Å². The van der Waals surface area contributed by atoms with E-state index in [-0.39, 0.29) is 5.41 Å². The van der Waals surface area contributed by atoms with E-state index in [4.69, 9.17) is 0 Å². The Hall–Kier alpha value is -2.09. The van der Waals surface area contributed by atoms with E-state index in [1.165, 1.54) is 29.5 Å². The molecule has 2 aromatic rings. The second-order valence-electron chi connectivity index (χ2n) is 8.28. The Bertz CT molecular complexity index is 751. The van der Waals surface area contributed by atoms with Gasteiger partial charge in [-0.15, -0.1) is 0 Å². The van der Waals surface area contributed by atoms with Crippen molar-refractivity contribution in [2.45, 2.75) is 64.2 Å². The molecule has 132 valence electrons. The molecule has 25 heavy (non-hydrogen) atoms. The largest absolute Gasteiger partial charge is 0.481 e. The number of fused-ring (bicyclic) bond motifs is 1. The zero-order chi connectivity index (χ0) is 18.0. The summed E-state index contributed by atoms with van der Waals surface area (Å²) < 4.78 is 0. The van der Waals surface area contributed by atoms with E-state index in [1.807, 2.05) is 6.07 Å². The molecule has 2 aromatic carbocycles. The molecule has 2 nitrogen and oxygen atoms in total. The van der Waals surface area contributed by atoms with Crippen molar-refractivity contribution in [3.05, 3.63) is 70.3 Å². The van der Waals surface area contributed by atoms with Crippen LogP contribution in [-0.4, -0.2) is 11.1 Å². The Labute approximate surface area is 150 Å². The Kier molecular flexibility index (Phi) is 4.99. The van der Waals surface area contributed by atoms with Crippen LogP contribution < -0.4 is 0 Å². The lowest BCUT2D eigenvalue weighted by Gasteiger charge is -2.21. The second kappa shape index (κ2) is 7.03. The van der Waals surface area contributed by atoms with Crippen molar-refractivity contribution >= 4 is 5.97 Å².